The maximum absolute atomic E-state index is 13.6. The van der Waals surface area contributed by atoms with E-state index in [4.69, 9.17) is 5.73 Å². The number of primary amides is 1. The molecule has 214 valence electrons. The van der Waals surface area contributed by atoms with Crippen molar-refractivity contribution in [1.82, 2.24) is 26.2 Å². The largest absolute Gasteiger partial charge is 0.363 e. The van der Waals surface area contributed by atoms with E-state index >= 15 is 0 Å². The van der Waals surface area contributed by atoms with E-state index in [2.05, 4.69) is 21.3 Å². The number of nitrogens with one attached hydrogen (secondary N) is 4. The molecule has 0 bridgehead atoms. The van der Waals surface area contributed by atoms with E-state index in [0.29, 0.717) is 31.8 Å². The maximum Gasteiger partial charge on any atom is 0.315 e. The minimum absolute atomic E-state index is 0.0636. The van der Waals surface area contributed by atoms with Gasteiger partial charge in [0.2, 0.25) is 23.5 Å². The van der Waals surface area contributed by atoms with Gasteiger partial charge >= 0.3 is 6.03 Å². The lowest BCUT2D eigenvalue weighted by Gasteiger charge is -2.35. The van der Waals surface area contributed by atoms with Crippen LogP contribution in [-0.4, -0.2) is 78.1 Å². The van der Waals surface area contributed by atoms with Crippen LogP contribution in [0.15, 0.2) is 0 Å². The maximum atomic E-state index is 13.6. The Bertz CT molecular complexity index is 912. The predicted molar refractivity (Wildman–Crippen MR) is 140 cm³/mol. The minimum Gasteiger partial charge on any atom is -0.363 e. The first-order valence-corrected chi connectivity index (χ1v) is 13.5. The predicted octanol–water partition coefficient (Wildman–Crippen LogP) is 0.193. The van der Waals surface area contributed by atoms with Crippen LogP contribution >= 0.6 is 0 Å². The van der Waals surface area contributed by atoms with Gasteiger partial charge in [0.15, 0.2) is 0 Å². The minimum atomic E-state index is -1.12. The highest BCUT2D eigenvalue weighted by molar-refractivity contribution is 6.37. The number of amides is 6. The van der Waals surface area contributed by atoms with Crippen molar-refractivity contribution in [3.8, 4) is 0 Å². The van der Waals surface area contributed by atoms with Gasteiger partial charge in [0, 0.05) is 13.1 Å². The smallest absolute Gasteiger partial charge is 0.315 e. The van der Waals surface area contributed by atoms with Gasteiger partial charge < -0.3 is 31.9 Å². The van der Waals surface area contributed by atoms with Crippen molar-refractivity contribution in [2.24, 2.45) is 23.0 Å². The first kappa shape index (κ1) is 31.0. The Kier molecular flexibility index (Phi) is 11.1. The Labute approximate surface area is 224 Å². The van der Waals surface area contributed by atoms with E-state index in [1.54, 1.807) is 20.8 Å². The standard InChI is InChI=1S/C26H44N6O6/c1-6-15(2)12-17(20(34)22(27)35)30-23(36)18-8-7-11-32(18)24(37)21(26(3,4)5)31-25(38)29-14-19(33)28-13-16-9-10-16/h15-18,21H,6-14H2,1-5H3,(H2,27,35)(H,28,33)(H,30,36)(H2,29,31,38). The molecule has 4 atom stereocenters. The fourth-order valence-corrected chi connectivity index (χ4v) is 4.34. The molecule has 0 aromatic heterocycles. The second-order valence-corrected chi connectivity index (χ2v) is 11.6. The van der Waals surface area contributed by atoms with Crippen LogP contribution in [0, 0.1) is 17.3 Å². The van der Waals surface area contributed by atoms with Gasteiger partial charge in [0.25, 0.3) is 5.91 Å². The second kappa shape index (κ2) is 13.6. The van der Waals surface area contributed by atoms with Crippen molar-refractivity contribution in [2.45, 2.75) is 91.3 Å². The first-order chi connectivity index (χ1) is 17.7. The van der Waals surface area contributed by atoms with Gasteiger partial charge in [-0.1, -0.05) is 41.0 Å². The molecule has 0 aromatic carbocycles. The highest BCUT2D eigenvalue weighted by Crippen LogP contribution is 2.27. The van der Waals surface area contributed by atoms with E-state index in [1.807, 2.05) is 13.8 Å². The molecule has 38 heavy (non-hydrogen) atoms. The molecular formula is C26H44N6O6. The monoisotopic (exact) mass is 536 g/mol. The summed E-state index contributed by atoms with van der Waals surface area (Å²) in [5, 5.41) is 10.6. The van der Waals surface area contributed by atoms with Crippen molar-refractivity contribution in [2.75, 3.05) is 19.6 Å². The number of likely N-dealkylation sites (tertiary alicyclic amines) is 1. The number of carbonyl (C=O) groups is 6. The van der Waals surface area contributed by atoms with E-state index in [-0.39, 0.29) is 24.8 Å². The van der Waals surface area contributed by atoms with Crippen LogP contribution in [0.3, 0.4) is 0 Å². The number of hydrogen-bond acceptors (Lipinski definition) is 6. The average molecular weight is 537 g/mol. The first-order valence-electron chi connectivity index (χ1n) is 13.5. The zero-order valence-electron chi connectivity index (χ0n) is 23.2. The molecule has 2 rings (SSSR count). The van der Waals surface area contributed by atoms with Gasteiger partial charge in [-0.15, -0.1) is 0 Å². The summed E-state index contributed by atoms with van der Waals surface area (Å²) in [6.45, 7) is 9.88. The molecule has 12 heteroatoms. The topological polar surface area (TPSA) is 180 Å². The Hall–Kier alpha value is -3.18. The molecule has 12 nitrogen and oxygen atoms in total. The van der Waals surface area contributed by atoms with Crippen LogP contribution in [0.1, 0.15) is 73.1 Å². The number of urea groups is 1. The molecule has 4 unspecified atom stereocenters. The summed E-state index contributed by atoms with van der Waals surface area (Å²) in [4.78, 5) is 76.6. The molecule has 1 saturated heterocycles. The number of rotatable bonds is 13. The summed E-state index contributed by atoms with van der Waals surface area (Å²) in [6, 6.07) is -3.57. The second-order valence-electron chi connectivity index (χ2n) is 11.6. The van der Waals surface area contributed by atoms with Crippen LogP contribution < -0.4 is 27.0 Å². The Morgan fingerprint density at radius 3 is 2.21 bits per heavy atom. The molecule has 1 heterocycles. The molecule has 2 fully saturated rings. The molecule has 0 radical (unpaired) electrons. The lowest BCUT2D eigenvalue weighted by Crippen LogP contribution is -2.60. The number of ketones is 1. The molecule has 1 saturated carbocycles. The SMILES string of the molecule is CCC(C)CC(NC(=O)C1CCCN1C(=O)C(NC(=O)NCC(=O)NCC1CC1)C(C)(C)C)C(=O)C(N)=O. The fourth-order valence-electron chi connectivity index (χ4n) is 4.34. The molecule has 2 aliphatic rings. The molecule has 1 aliphatic carbocycles. The molecular weight excluding hydrogens is 492 g/mol. The summed E-state index contributed by atoms with van der Waals surface area (Å²) in [5.74, 6) is -2.70. The van der Waals surface area contributed by atoms with Crippen LogP contribution in [-0.2, 0) is 24.0 Å². The number of carbonyl (C=O) groups excluding carboxylic acids is 6. The zero-order valence-corrected chi connectivity index (χ0v) is 23.2. The quantitative estimate of drug-likeness (QED) is 0.210. The van der Waals surface area contributed by atoms with E-state index in [0.717, 1.165) is 19.3 Å². The highest BCUT2D eigenvalue weighted by atomic mass is 16.2. The third-order valence-electron chi connectivity index (χ3n) is 7.13. The van der Waals surface area contributed by atoms with Crippen molar-refractivity contribution in [3.05, 3.63) is 0 Å². The van der Waals surface area contributed by atoms with Gasteiger partial charge in [-0.05, 0) is 49.4 Å². The number of Topliss-reactive ketones (excluding diaryl/α,β-unsaturated/α-hetero) is 1. The van der Waals surface area contributed by atoms with Crippen molar-refractivity contribution >= 4 is 35.4 Å². The Morgan fingerprint density at radius 2 is 1.66 bits per heavy atom. The lowest BCUT2D eigenvalue weighted by molar-refractivity contribution is -0.143. The molecule has 0 spiro atoms. The average Bonchev–Trinajstić information content (AvgIpc) is 3.55. The molecule has 0 aromatic rings. The highest BCUT2D eigenvalue weighted by Gasteiger charge is 2.42. The van der Waals surface area contributed by atoms with Gasteiger partial charge in [-0.25, -0.2) is 4.79 Å². The molecule has 1 aliphatic heterocycles. The molecule has 6 N–H and O–H groups in total. The van der Waals surface area contributed by atoms with Crippen LogP contribution in [0.2, 0.25) is 0 Å². The van der Waals surface area contributed by atoms with E-state index in [9.17, 15) is 28.8 Å². The number of nitrogens with zero attached hydrogens (tertiary/aromatic N) is 1. The lowest BCUT2D eigenvalue weighted by atomic mass is 9.85. The Balaban J connectivity index is 2.05. The Morgan fingerprint density at radius 1 is 1.00 bits per heavy atom. The third kappa shape index (κ3) is 9.29. The van der Waals surface area contributed by atoms with Crippen LogP contribution in [0.5, 0.6) is 0 Å². The normalized spacial score (nSPS) is 19.6. The van der Waals surface area contributed by atoms with Crippen molar-refractivity contribution < 1.29 is 28.8 Å². The van der Waals surface area contributed by atoms with Gasteiger partial charge in [0.05, 0.1) is 12.6 Å². The van der Waals surface area contributed by atoms with Gasteiger partial charge in [0.1, 0.15) is 12.1 Å². The van der Waals surface area contributed by atoms with Crippen LogP contribution in [0.4, 0.5) is 4.79 Å². The van der Waals surface area contributed by atoms with E-state index in [1.165, 1.54) is 4.90 Å². The fraction of sp³-hybridized carbons (Fsp3) is 0.769. The summed E-state index contributed by atoms with van der Waals surface area (Å²) in [5.41, 5.74) is 4.49. The number of hydrogen-bond donors (Lipinski definition) is 5. The molecule has 6 amide bonds. The number of nitrogens with two attached hydrogens (primary N) is 1. The van der Waals surface area contributed by atoms with Gasteiger partial charge in [-0.2, -0.15) is 0 Å². The summed E-state index contributed by atoms with van der Waals surface area (Å²) in [6.07, 6.45) is 4.13. The summed E-state index contributed by atoms with van der Waals surface area (Å²) >= 11 is 0. The summed E-state index contributed by atoms with van der Waals surface area (Å²) < 4.78 is 0. The van der Waals surface area contributed by atoms with E-state index < -0.39 is 53.1 Å². The van der Waals surface area contributed by atoms with Crippen LogP contribution in [0.25, 0.3) is 0 Å². The van der Waals surface area contributed by atoms with Crippen molar-refractivity contribution in [3.63, 3.8) is 0 Å². The van der Waals surface area contributed by atoms with Gasteiger partial charge in [-0.3, -0.25) is 24.0 Å². The zero-order chi connectivity index (χ0) is 28.6. The summed E-state index contributed by atoms with van der Waals surface area (Å²) in [7, 11) is 0. The van der Waals surface area contributed by atoms with Crippen molar-refractivity contribution in [1.29, 1.82) is 0 Å². The third-order valence-corrected chi connectivity index (χ3v) is 7.13.